The number of pyridine rings is 1. The molecule has 1 N–H and O–H groups in total. The molecule has 3 heteroatoms. The Morgan fingerprint density at radius 1 is 0.750 bits per heavy atom. The first-order chi connectivity index (χ1) is 11.4. The van der Waals surface area contributed by atoms with Gasteiger partial charge in [-0.3, -0.25) is 0 Å². The number of aryl methyl sites for hydroxylation is 1. The van der Waals surface area contributed by atoms with E-state index in [0.717, 1.165) is 39.6 Å². The average molecular weight is 334 g/mol. The van der Waals surface area contributed by atoms with Crippen molar-refractivity contribution < 1.29 is 12.4 Å². The van der Waals surface area contributed by atoms with Crippen LogP contribution in [-0.2, 0) is 6.42 Å². The smallest absolute Gasteiger partial charge is 0.0730 e. The summed E-state index contributed by atoms with van der Waals surface area (Å²) in [4.78, 5) is 4.78. The topological polar surface area (TPSA) is 24.9 Å². The first kappa shape index (κ1) is 16.3. The molecule has 4 aromatic rings. The van der Waals surface area contributed by atoms with E-state index in [-0.39, 0.29) is 12.4 Å². The second-order valence-corrected chi connectivity index (χ2v) is 5.66. The average Bonchev–Trinajstić information content (AvgIpc) is 2.62. The number of aromatic nitrogens is 1. The molecule has 1 heterocycles. The minimum atomic E-state index is 0. The lowest BCUT2D eigenvalue weighted by Gasteiger charge is -2.15. The highest BCUT2D eigenvalue weighted by atomic mass is 35.5. The Morgan fingerprint density at radius 3 is 1.92 bits per heavy atom. The van der Waals surface area contributed by atoms with Crippen molar-refractivity contribution in [1.29, 1.82) is 0 Å². The molecule has 120 valence electrons. The Bertz CT molecular complexity index is 941. The van der Waals surface area contributed by atoms with Crippen molar-refractivity contribution >= 4 is 33.2 Å². The molecule has 2 nitrogen and oxygen atoms in total. The Labute approximate surface area is 148 Å². The predicted molar refractivity (Wildman–Crippen MR) is 98.4 cm³/mol. The zero-order valence-corrected chi connectivity index (χ0v) is 14.2. The van der Waals surface area contributed by atoms with Crippen LogP contribution in [0.15, 0.2) is 72.8 Å². The number of fused-ring (bicyclic) bond motifs is 2. The molecule has 0 aliphatic rings. The van der Waals surface area contributed by atoms with E-state index in [1.54, 1.807) is 0 Å². The molecule has 0 saturated heterocycles. The van der Waals surface area contributed by atoms with Gasteiger partial charge in [-0.15, -0.1) is 0 Å². The summed E-state index contributed by atoms with van der Waals surface area (Å²) in [6.45, 7) is 2.18. The van der Waals surface area contributed by atoms with Crippen molar-refractivity contribution in [1.82, 2.24) is 4.98 Å². The van der Waals surface area contributed by atoms with Gasteiger partial charge in [-0.25, -0.2) is 4.98 Å². The van der Waals surface area contributed by atoms with Crippen LogP contribution >= 0.6 is 0 Å². The lowest BCUT2D eigenvalue weighted by Crippen LogP contribution is -3.00. The monoisotopic (exact) mass is 333 g/mol. The minimum absolute atomic E-state index is 0. The molecule has 0 radical (unpaired) electrons. The van der Waals surface area contributed by atoms with Gasteiger partial charge in [-0.1, -0.05) is 61.5 Å². The Hall–Kier alpha value is -2.58. The standard InChI is InChI=1S/C21H18N2.ClH/c1-2-15-9-3-6-12-18(15)23-21-16-10-4-7-13-19(16)22-20-14-8-5-11-17(20)21;/h3-14H,2H2,1H3,(H,22,23);1H/p-1. The number of hydrogen-bond acceptors (Lipinski definition) is 2. The van der Waals surface area contributed by atoms with Crippen molar-refractivity contribution in [2.45, 2.75) is 13.3 Å². The number of hydrogen-bond donors (Lipinski definition) is 1. The summed E-state index contributed by atoms with van der Waals surface area (Å²) in [5.41, 5.74) is 5.64. The van der Waals surface area contributed by atoms with Crippen LogP contribution in [0.3, 0.4) is 0 Å². The zero-order valence-electron chi connectivity index (χ0n) is 13.5. The van der Waals surface area contributed by atoms with Gasteiger partial charge in [0.1, 0.15) is 0 Å². The highest BCUT2D eigenvalue weighted by Crippen LogP contribution is 2.33. The van der Waals surface area contributed by atoms with Crippen LogP contribution in [0.4, 0.5) is 11.4 Å². The van der Waals surface area contributed by atoms with E-state index in [2.05, 4.69) is 72.9 Å². The minimum Gasteiger partial charge on any atom is -1.00 e. The normalized spacial score (nSPS) is 10.5. The first-order valence-corrected chi connectivity index (χ1v) is 7.99. The van der Waals surface area contributed by atoms with Crippen molar-refractivity contribution in [3.05, 3.63) is 78.4 Å². The van der Waals surface area contributed by atoms with Crippen molar-refractivity contribution in [2.75, 3.05) is 5.32 Å². The van der Waals surface area contributed by atoms with E-state index < -0.39 is 0 Å². The van der Waals surface area contributed by atoms with E-state index in [9.17, 15) is 0 Å². The summed E-state index contributed by atoms with van der Waals surface area (Å²) >= 11 is 0. The SMILES string of the molecule is CCc1ccccc1Nc1c2ccccc2nc2ccccc12.[Cl-]. The molecule has 3 aromatic carbocycles. The third-order valence-corrected chi connectivity index (χ3v) is 4.25. The summed E-state index contributed by atoms with van der Waals surface area (Å²) in [5.74, 6) is 0. The van der Waals surface area contributed by atoms with Crippen LogP contribution in [0.25, 0.3) is 21.8 Å². The van der Waals surface area contributed by atoms with E-state index in [1.807, 2.05) is 12.1 Å². The molecule has 0 spiro atoms. The first-order valence-electron chi connectivity index (χ1n) is 7.99. The maximum Gasteiger partial charge on any atom is 0.0730 e. The lowest BCUT2D eigenvalue weighted by atomic mass is 10.1. The van der Waals surface area contributed by atoms with Gasteiger partial charge in [-0.2, -0.15) is 0 Å². The molecule has 0 aliphatic heterocycles. The molecule has 0 fully saturated rings. The van der Waals surface area contributed by atoms with E-state index in [0.29, 0.717) is 0 Å². The van der Waals surface area contributed by atoms with Gasteiger partial charge in [0.25, 0.3) is 0 Å². The number of nitrogens with one attached hydrogen (secondary N) is 1. The van der Waals surface area contributed by atoms with Gasteiger partial charge >= 0.3 is 0 Å². The van der Waals surface area contributed by atoms with Crippen LogP contribution < -0.4 is 17.7 Å². The number of para-hydroxylation sites is 3. The summed E-state index contributed by atoms with van der Waals surface area (Å²) in [7, 11) is 0. The van der Waals surface area contributed by atoms with Crippen molar-refractivity contribution in [2.24, 2.45) is 0 Å². The van der Waals surface area contributed by atoms with Gasteiger partial charge in [0, 0.05) is 16.5 Å². The second kappa shape index (κ2) is 6.90. The van der Waals surface area contributed by atoms with Gasteiger partial charge in [0.05, 0.1) is 16.7 Å². The zero-order chi connectivity index (χ0) is 15.6. The van der Waals surface area contributed by atoms with E-state index in [1.165, 1.54) is 5.56 Å². The number of benzene rings is 3. The molecular formula is C21H18ClN2-. The van der Waals surface area contributed by atoms with Crippen LogP contribution in [-0.4, -0.2) is 4.98 Å². The second-order valence-electron chi connectivity index (χ2n) is 5.66. The maximum absolute atomic E-state index is 4.78. The molecule has 0 aliphatic carbocycles. The maximum atomic E-state index is 4.78. The highest BCUT2D eigenvalue weighted by molar-refractivity contribution is 6.08. The fraction of sp³-hybridized carbons (Fsp3) is 0.0952. The molecule has 0 unspecified atom stereocenters. The summed E-state index contributed by atoms with van der Waals surface area (Å²) in [6.07, 6.45) is 1.00. The van der Waals surface area contributed by atoms with Crippen LogP contribution in [0, 0.1) is 0 Å². The van der Waals surface area contributed by atoms with E-state index in [4.69, 9.17) is 4.98 Å². The molecule has 24 heavy (non-hydrogen) atoms. The predicted octanol–water partition coefficient (Wildman–Crippen LogP) is 2.70. The molecule has 0 bridgehead atoms. The Balaban J connectivity index is 0.00000169. The van der Waals surface area contributed by atoms with Gasteiger partial charge < -0.3 is 17.7 Å². The third-order valence-electron chi connectivity index (χ3n) is 4.25. The van der Waals surface area contributed by atoms with Gasteiger partial charge in [0.2, 0.25) is 0 Å². The van der Waals surface area contributed by atoms with Crippen LogP contribution in [0.1, 0.15) is 12.5 Å². The summed E-state index contributed by atoms with van der Waals surface area (Å²) in [5, 5.41) is 5.97. The van der Waals surface area contributed by atoms with Crippen LogP contribution in [0.2, 0.25) is 0 Å². The fourth-order valence-corrected chi connectivity index (χ4v) is 3.06. The number of halogens is 1. The molecule has 0 atom stereocenters. The van der Waals surface area contributed by atoms with Gasteiger partial charge in [0.15, 0.2) is 0 Å². The molecular weight excluding hydrogens is 316 g/mol. The van der Waals surface area contributed by atoms with Gasteiger partial charge in [-0.05, 0) is 30.2 Å². The highest BCUT2D eigenvalue weighted by Gasteiger charge is 2.10. The number of nitrogens with zero attached hydrogens (tertiary/aromatic N) is 1. The summed E-state index contributed by atoms with van der Waals surface area (Å²) < 4.78 is 0. The fourth-order valence-electron chi connectivity index (χ4n) is 3.06. The van der Waals surface area contributed by atoms with Crippen molar-refractivity contribution in [3.63, 3.8) is 0 Å². The summed E-state index contributed by atoms with van der Waals surface area (Å²) in [6, 6.07) is 25.1. The molecule has 0 amide bonds. The lowest BCUT2D eigenvalue weighted by molar-refractivity contribution is -0.00000452. The molecule has 4 rings (SSSR count). The Kier molecular flexibility index (Phi) is 4.68. The molecule has 1 aromatic heterocycles. The number of rotatable bonds is 3. The van der Waals surface area contributed by atoms with E-state index >= 15 is 0 Å². The number of anilines is 2. The third kappa shape index (κ3) is 2.81. The van der Waals surface area contributed by atoms with Crippen LogP contribution in [0.5, 0.6) is 0 Å². The quantitative estimate of drug-likeness (QED) is 0.583. The van der Waals surface area contributed by atoms with Crippen molar-refractivity contribution in [3.8, 4) is 0 Å². The Morgan fingerprint density at radius 2 is 1.29 bits per heavy atom. The largest absolute Gasteiger partial charge is 1.00 e. The molecule has 0 saturated carbocycles.